The molecular formula is C7H3F3INO2. The lowest BCUT2D eigenvalue weighted by Gasteiger charge is -2.10. The molecule has 3 nitrogen and oxygen atoms in total. The zero-order valence-corrected chi connectivity index (χ0v) is 8.63. The molecule has 0 saturated carbocycles. The molecule has 0 bridgehead atoms. The Kier molecular flexibility index (Phi) is 2.98. The van der Waals surface area contributed by atoms with E-state index in [4.69, 9.17) is 5.11 Å². The van der Waals surface area contributed by atoms with Crippen LogP contribution in [0.5, 0.6) is 0 Å². The molecule has 7 heteroatoms. The van der Waals surface area contributed by atoms with Gasteiger partial charge in [0, 0.05) is 6.20 Å². The number of rotatable bonds is 1. The summed E-state index contributed by atoms with van der Waals surface area (Å²) in [6.45, 7) is 0. The van der Waals surface area contributed by atoms with Gasteiger partial charge >= 0.3 is 12.1 Å². The summed E-state index contributed by atoms with van der Waals surface area (Å²) < 4.78 is 36.7. The summed E-state index contributed by atoms with van der Waals surface area (Å²) in [4.78, 5) is 13.9. The molecule has 76 valence electrons. The first kappa shape index (κ1) is 11.2. The fourth-order valence-electron chi connectivity index (χ4n) is 0.884. The molecule has 0 aliphatic carbocycles. The number of nitrogens with zero attached hydrogens (tertiary/aromatic N) is 1. The first-order chi connectivity index (χ1) is 6.34. The maximum absolute atomic E-state index is 12.4. The molecule has 0 aromatic carbocycles. The number of aromatic nitrogens is 1. The molecule has 0 aliphatic rings. The van der Waals surface area contributed by atoms with Crippen molar-refractivity contribution in [1.29, 1.82) is 0 Å². The Labute approximate surface area is 90.1 Å². The zero-order valence-electron chi connectivity index (χ0n) is 6.47. The van der Waals surface area contributed by atoms with Crippen molar-refractivity contribution in [3.8, 4) is 0 Å². The Morgan fingerprint density at radius 1 is 1.50 bits per heavy atom. The molecule has 1 rings (SSSR count). The summed E-state index contributed by atoms with van der Waals surface area (Å²) in [6, 6.07) is 0.827. The molecule has 0 aliphatic heterocycles. The quantitative estimate of drug-likeness (QED) is 0.639. The number of carboxylic acids is 1. The molecule has 0 amide bonds. The molecule has 0 saturated heterocycles. The van der Waals surface area contributed by atoms with Gasteiger partial charge < -0.3 is 5.11 Å². The molecular weight excluding hydrogens is 314 g/mol. The van der Waals surface area contributed by atoms with Gasteiger partial charge in [0.05, 0.1) is 5.56 Å². The third-order valence-corrected chi connectivity index (χ3v) is 2.24. The number of alkyl halides is 3. The number of hydrogen-bond acceptors (Lipinski definition) is 2. The second-order valence-electron chi connectivity index (χ2n) is 2.33. The first-order valence-electron chi connectivity index (χ1n) is 3.29. The number of pyridine rings is 1. The van der Waals surface area contributed by atoms with Crippen LogP contribution < -0.4 is 0 Å². The molecule has 1 N–H and O–H groups in total. The molecule has 1 aromatic heterocycles. The van der Waals surface area contributed by atoms with E-state index >= 15 is 0 Å². The van der Waals surface area contributed by atoms with E-state index in [1.807, 2.05) is 0 Å². The highest BCUT2D eigenvalue weighted by Crippen LogP contribution is 2.34. The maximum atomic E-state index is 12.4. The van der Waals surface area contributed by atoms with Gasteiger partial charge in [-0.1, -0.05) is 0 Å². The highest BCUT2D eigenvalue weighted by Gasteiger charge is 2.38. The van der Waals surface area contributed by atoms with Crippen LogP contribution in [-0.2, 0) is 6.18 Å². The molecule has 1 aromatic rings. The van der Waals surface area contributed by atoms with Gasteiger partial charge in [-0.05, 0) is 28.7 Å². The van der Waals surface area contributed by atoms with Crippen LogP contribution in [0.2, 0.25) is 0 Å². The summed E-state index contributed by atoms with van der Waals surface area (Å²) in [6.07, 6.45) is -3.67. The lowest BCUT2D eigenvalue weighted by Crippen LogP contribution is -2.15. The van der Waals surface area contributed by atoms with E-state index in [9.17, 15) is 18.0 Å². The average Bonchev–Trinajstić information content (AvgIpc) is 2.01. The van der Waals surface area contributed by atoms with Crippen molar-refractivity contribution in [2.24, 2.45) is 0 Å². The van der Waals surface area contributed by atoms with Crippen molar-refractivity contribution in [3.05, 3.63) is 27.1 Å². The molecule has 0 radical (unpaired) electrons. The van der Waals surface area contributed by atoms with E-state index in [0.29, 0.717) is 0 Å². The third-order valence-electron chi connectivity index (χ3n) is 1.42. The van der Waals surface area contributed by atoms with E-state index in [0.717, 1.165) is 12.3 Å². The second kappa shape index (κ2) is 3.71. The number of hydrogen-bond donors (Lipinski definition) is 1. The van der Waals surface area contributed by atoms with Gasteiger partial charge in [0.15, 0.2) is 0 Å². The maximum Gasteiger partial charge on any atom is 0.419 e. The van der Waals surface area contributed by atoms with Crippen molar-refractivity contribution in [3.63, 3.8) is 0 Å². The summed E-state index contributed by atoms with van der Waals surface area (Å²) in [7, 11) is 0. The summed E-state index contributed by atoms with van der Waals surface area (Å²) in [5.74, 6) is -1.61. The van der Waals surface area contributed by atoms with Crippen LogP contribution in [0, 0.1) is 3.70 Å². The van der Waals surface area contributed by atoms with Crippen molar-refractivity contribution < 1.29 is 23.1 Å². The fraction of sp³-hybridized carbons (Fsp3) is 0.143. The summed E-state index contributed by atoms with van der Waals surface area (Å²) >= 11 is 1.35. The van der Waals surface area contributed by atoms with Gasteiger partial charge in [-0.3, -0.25) is 0 Å². The van der Waals surface area contributed by atoms with Crippen LogP contribution in [0.1, 0.15) is 15.9 Å². The third kappa shape index (κ3) is 2.14. The number of carbonyl (C=O) groups is 1. The highest BCUT2D eigenvalue weighted by atomic mass is 127. The number of halogens is 4. The zero-order chi connectivity index (χ0) is 10.9. The average molecular weight is 317 g/mol. The van der Waals surface area contributed by atoms with Crippen LogP contribution >= 0.6 is 22.6 Å². The van der Waals surface area contributed by atoms with Gasteiger partial charge in [0.2, 0.25) is 0 Å². The molecule has 0 unspecified atom stereocenters. The predicted molar refractivity (Wildman–Crippen MR) is 48.9 cm³/mol. The van der Waals surface area contributed by atoms with Crippen molar-refractivity contribution >= 4 is 28.6 Å². The topological polar surface area (TPSA) is 50.2 Å². The minimum atomic E-state index is -4.70. The van der Waals surface area contributed by atoms with Crippen molar-refractivity contribution in [2.45, 2.75) is 6.18 Å². The first-order valence-corrected chi connectivity index (χ1v) is 4.37. The van der Waals surface area contributed by atoms with Gasteiger partial charge in [0.1, 0.15) is 9.26 Å². The smallest absolute Gasteiger partial charge is 0.419 e. The molecule has 0 spiro atoms. The van der Waals surface area contributed by atoms with E-state index < -0.39 is 23.3 Å². The minimum Gasteiger partial charge on any atom is -0.478 e. The van der Waals surface area contributed by atoms with E-state index in [2.05, 4.69) is 4.98 Å². The molecule has 0 fully saturated rings. The van der Waals surface area contributed by atoms with E-state index in [-0.39, 0.29) is 3.70 Å². The van der Waals surface area contributed by atoms with Crippen LogP contribution in [0.3, 0.4) is 0 Å². The van der Waals surface area contributed by atoms with Gasteiger partial charge in [0.25, 0.3) is 0 Å². The minimum absolute atomic E-state index is 0.366. The van der Waals surface area contributed by atoms with Crippen LogP contribution in [0.25, 0.3) is 0 Å². The van der Waals surface area contributed by atoms with Gasteiger partial charge in [-0.25, -0.2) is 9.78 Å². The lowest BCUT2D eigenvalue weighted by molar-refractivity contribution is -0.139. The van der Waals surface area contributed by atoms with Crippen LogP contribution in [0.15, 0.2) is 12.3 Å². The fourth-order valence-corrected chi connectivity index (χ4v) is 1.64. The lowest BCUT2D eigenvalue weighted by atomic mass is 10.1. The molecule has 0 atom stereocenters. The Morgan fingerprint density at radius 2 is 2.07 bits per heavy atom. The Bertz CT molecular complexity index is 378. The van der Waals surface area contributed by atoms with Gasteiger partial charge in [-0.15, -0.1) is 0 Å². The standard InChI is InChI=1S/C7H3F3INO2/c8-7(9,10)4-3(6(13)14)1-2-12-5(4)11/h1-2H,(H,13,14). The van der Waals surface area contributed by atoms with Crippen molar-refractivity contribution in [2.75, 3.05) is 0 Å². The number of aromatic carboxylic acids is 1. The Morgan fingerprint density at radius 3 is 2.43 bits per heavy atom. The normalized spacial score (nSPS) is 11.4. The monoisotopic (exact) mass is 317 g/mol. The summed E-state index contributed by atoms with van der Waals surface area (Å²) in [5, 5.41) is 8.52. The second-order valence-corrected chi connectivity index (χ2v) is 3.35. The largest absolute Gasteiger partial charge is 0.478 e. The van der Waals surface area contributed by atoms with E-state index in [1.54, 1.807) is 0 Å². The predicted octanol–water partition coefficient (Wildman–Crippen LogP) is 2.40. The van der Waals surface area contributed by atoms with Crippen molar-refractivity contribution in [1.82, 2.24) is 4.98 Å². The van der Waals surface area contributed by atoms with Crippen LogP contribution in [0.4, 0.5) is 13.2 Å². The Balaban J connectivity index is 3.45. The SMILES string of the molecule is O=C(O)c1ccnc(I)c1C(F)(F)F. The van der Waals surface area contributed by atoms with E-state index in [1.165, 1.54) is 22.6 Å². The number of carboxylic acid groups (broad SMARTS) is 1. The molecule has 14 heavy (non-hydrogen) atoms. The summed E-state index contributed by atoms with van der Waals surface area (Å²) in [5.41, 5.74) is -1.98. The highest BCUT2D eigenvalue weighted by molar-refractivity contribution is 14.1. The van der Waals surface area contributed by atoms with Gasteiger partial charge in [-0.2, -0.15) is 13.2 Å². The van der Waals surface area contributed by atoms with Crippen LogP contribution in [-0.4, -0.2) is 16.1 Å². The molecule has 1 heterocycles. The Hall–Kier alpha value is -0.860.